The number of rotatable bonds is 6. The number of halogens is 1. The van der Waals surface area contributed by atoms with Gasteiger partial charge in [-0.15, -0.1) is 11.6 Å². The Morgan fingerprint density at radius 2 is 1.74 bits per heavy atom. The molecular formula is C22H33ClO3S. The molecule has 0 saturated heterocycles. The van der Waals surface area contributed by atoms with Gasteiger partial charge in [-0.3, -0.25) is 9.00 Å². The molecule has 1 aliphatic carbocycles. The summed E-state index contributed by atoms with van der Waals surface area (Å²) in [6.45, 7) is 9.65. The standard InChI is InChI=1S/C22H33ClO3S/c1-6-18(19(24)26-21(3,4)5)22(14-8-7-9-15-22)20(23)27(25)17-12-10-16(2)11-13-17/h10-13,18,20H,6-9,14-15H2,1-5H3/t18-,20?,27+/m0/s1. The van der Waals surface area contributed by atoms with E-state index in [1.807, 2.05) is 58.9 Å². The third kappa shape index (κ3) is 5.35. The van der Waals surface area contributed by atoms with Crippen LogP contribution in [0.15, 0.2) is 29.2 Å². The molecule has 1 fully saturated rings. The summed E-state index contributed by atoms with van der Waals surface area (Å²) in [6.07, 6.45) is 5.42. The molecule has 1 unspecified atom stereocenters. The highest BCUT2D eigenvalue weighted by atomic mass is 35.5. The lowest BCUT2D eigenvalue weighted by atomic mass is 9.66. The van der Waals surface area contributed by atoms with Crippen LogP contribution in [0, 0.1) is 18.3 Å². The number of hydrogen-bond donors (Lipinski definition) is 0. The van der Waals surface area contributed by atoms with Gasteiger partial charge in [0.25, 0.3) is 0 Å². The van der Waals surface area contributed by atoms with Crippen molar-refractivity contribution in [3.05, 3.63) is 29.8 Å². The van der Waals surface area contributed by atoms with Crippen LogP contribution in [-0.4, -0.2) is 20.5 Å². The summed E-state index contributed by atoms with van der Waals surface area (Å²) < 4.78 is 18.4. The molecule has 0 aromatic heterocycles. The second kappa shape index (κ2) is 9.09. The molecule has 0 heterocycles. The third-order valence-electron chi connectivity index (χ3n) is 5.47. The monoisotopic (exact) mass is 412 g/mol. The van der Waals surface area contributed by atoms with Gasteiger partial charge in [0.05, 0.1) is 16.7 Å². The van der Waals surface area contributed by atoms with Crippen LogP contribution < -0.4 is 0 Å². The number of carbonyl (C=O) groups is 1. The largest absolute Gasteiger partial charge is 0.460 e. The molecule has 3 atom stereocenters. The third-order valence-corrected chi connectivity index (χ3v) is 7.97. The van der Waals surface area contributed by atoms with E-state index >= 15 is 0 Å². The second-order valence-electron chi connectivity index (χ2n) is 8.71. The van der Waals surface area contributed by atoms with Gasteiger partial charge in [0.1, 0.15) is 10.3 Å². The molecule has 27 heavy (non-hydrogen) atoms. The lowest BCUT2D eigenvalue weighted by Gasteiger charge is -2.45. The zero-order valence-corrected chi connectivity index (χ0v) is 18.8. The van der Waals surface area contributed by atoms with Crippen LogP contribution in [-0.2, 0) is 20.3 Å². The van der Waals surface area contributed by atoms with Crippen LogP contribution in [0.1, 0.15) is 71.8 Å². The molecule has 3 nitrogen and oxygen atoms in total. The van der Waals surface area contributed by atoms with Crippen LogP contribution >= 0.6 is 11.6 Å². The summed E-state index contributed by atoms with van der Waals surface area (Å²) in [5, 5.41) is 0. The average molecular weight is 413 g/mol. The molecule has 0 amide bonds. The van der Waals surface area contributed by atoms with Crippen molar-refractivity contribution < 1.29 is 13.7 Å². The molecule has 0 spiro atoms. The van der Waals surface area contributed by atoms with Gasteiger partial charge in [-0.25, -0.2) is 0 Å². The van der Waals surface area contributed by atoms with E-state index < -0.39 is 26.5 Å². The van der Waals surface area contributed by atoms with Crippen molar-refractivity contribution in [1.82, 2.24) is 0 Å². The Labute approximate surface area is 171 Å². The quantitative estimate of drug-likeness (QED) is 0.426. The van der Waals surface area contributed by atoms with Gasteiger partial charge < -0.3 is 4.74 Å². The lowest BCUT2D eigenvalue weighted by molar-refractivity contribution is -0.166. The van der Waals surface area contributed by atoms with Gasteiger partial charge in [-0.1, -0.05) is 43.9 Å². The second-order valence-corrected chi connectivity index (χ2v) is 10.9. The van der Waals surface area contributed by atoms with E-state index in [1.165, 1.54) is 0 Å². The number of hydrogen-bond acceptors (Lipinski definition) is 3. The Morgan fingerprint density at radius 1 is 1.19 bits per heavy atom. The van der Waals surface area contributed by atoms with Crippen molar-refractivity contribution in [1.29, 1.82) is 0 Å². The molecule has 1 aromatic carbocycles. The maximum atomic E-state index is 13.3. The minimum Gasteiger partial charge on any atom is -0.460 e. The van der Waals surface area contributed by atoms with Crippen LogP contribution in [0.4, 0.5) is 0 Å². The van der Waals surface area contributed by atoms with E-state index in [2.05, 4.69) is 0 Å². The first kappa shape index (κ1) is 22.4. The van der Waals surface area contributed by atoms with E-state index in [-0.39, 0.29) is 11.9 Å². The fraction of sp³-hybridized carbons (Fsp3) is 0.682. The van der Waals surface area contributed by atoms with Crippen molar-refractivity contribution in [2.24, 2.45) is 11.3 Å². The SMILES string of the molecule is CC[C@@H](C(=O)OC(C)(C)C)C1(C(Cl)[S@](=O)c2ccc(C)cc2)CCCCC1. The number of carbonyl (C=O) groups excluding carboxylic acids is 1. The van der Waals surface area contributed by atoms with Gasteiger partial charge in [0, 0.05) is 10.3 Å². The predicted octanol–water partition coefficient (Wildman–Crippen LogP) is 5.99. The Balaban J connectivity index is 2.37. The van der Waals surface area contributed by atoms with E-state index in [4.69, 9.17) is 16.3 Å². The van der Waals surface area contributed by atoms with Crippen molar-refractivity contribution in [3.8, 4) is 0 Å². The summed E-state index contributed by atoms with van der Waals surface area (Å²) in [6, 6.07) is 7.67. The van der Waals surface area contributed by atoms with Gasteiger partial charge in [0.2, 0.25) is 0 Å². The molecule has 5 heteroatoms. The first-order chi connectivity index (χ1) is 12.6. The summed E-state index contributed by atoms with van der Waals surface area (Å²) in [4.78, 5) is 13.7. The lowest BCUT2D eigenvalue weighted by Crippen LogP contribution is -2.47. The Bertz CT molecular complexity index is 657. The summed E-state index contributed by atoms with van der Waals surface area (Å²) in [5.41, 5.74) is 0.0831. The highest BCUT2D eigenvalue weighted by Crippen LogP contribution is 2.51. The normalized spacial score (nSPS) is 20.5. The fourth-order valence-electron chi connectivity index (χ4n) is 4.13. The Morgan fingerprint density at radius 3 is 2.22 bits per heavy atom. The Kier molecular flexibility index (Phi) is 7.54. The zero-order chi connectivity index (χ0) is 20.2. The highest BCUT2D eigenvalue weighted by Gasteiger charge is 2.51. The minimum atomic E-state index is -1.38. The number of benzene rings is 1. The number of aryl methyl sites for hydroxylation is 1. The molecule has 1 aromatic rings. The smallest absolute Gasteiger partial charge is 0.310 e. The highest BCUT2D eigenvalue weighted by molar-refractivity contribution is 7.87. The maximum Gasteiger partial charge on any atom is 0.310 e. The van der Waals surface area contributed by atoms with Crippen LogP contribution in [0.2, 0.25) is 0 Å². The minimum absolute atomic E-state index is 0.210. The van der Waals surface area contributed by atoms with Crippen LogP contribution in [0.3, 0.4) is 0 Å². The zero-order valence-electron chi connectivity index (χ0n) is 17.2. The molecule has 0 aliphatic heterocycles. The molecule has 1 saturated carbocycles. The van der Waals surface area contributed by atoms with Gasteiger partial charge in [0.15, 0.2) is 0 Å². The molecule has 1 aliphatic rings. The van der Waals surface area contributed by atoms with E-state index in [1.54, 1.807) is 0 Å². The first-order valence-electron chi connectivity index (χ1n) is 9.95. The van der Waals surface area contributed by atoms with E-state index in [0.717, 1.165) is 42.6 Å². The predicted molar refractivity (Wildman–Crippen MR) is 112 cm³/mol. The van der Waals surface area contributed by atoms with Crippen molar-refractivity contribution >= 4 is 28.4 Å². The molecule has 0 bridgehead atoms. The number of esters is 1. The first-order valence-corrected chi connectivity index (χ1v) is 11.6. The van der Waals surface area contributed by atoms with E-state index in [0.29, 0.717) is 6.42 Å². The topological polar surface area (TPSA) is 43.4 Å². The van der Waals surface area contributed by atoms with Crippen LogP contribution in [0.25, 0.3) is 0 Å². The van der Waals surface area contributed by atoms with Crippen molar-refractivity contribution in [2.75, 3.05) is 0 Å². The van der Waals surface area contributed by atoms with Gasteiger partial charge in [-0.2, -0.15) is 0 Å². The van der Waals surface area contributed by atoms with Gasteiger partial charge in [-0.05, 0) is 59.1 Å². The summed E-state index contributed by atoms with van der Waals surface area (Å²) in [5.74, 6) is -0.549. The summed E-state index contributed by atoms with van der Waals surface area (Å²) >= 11 is 6.92. The Hall–Kier alpha value is -0.870. The molecule has 2 rings (SSSR count). The molecule has 0 N–H and O–H groups in total. The van der Waals surface area contributed by atoms with E-state index in [9.17, 15) is 9.00 Å². The fourth-order valence-corrected chi connectivity index (χ4v) is 6.28. The van der Waals surface area contributed by atoms with Crippen LogP contribution in [0.5, 0.6) is 0 Å². The van der Waals surface area contributed by atoms with Gasteiger partial charge >= 0.3 is 5.97 Å². The van der Waals surface area contributed by atoms with Crippen molar-refractivity contribution in [3.63, 3.8) is 0 Å². The molecule has 0 radical (unpaired) electrons. The average Bonchev–Trinajstić information content (AvgIpc) is 2.61. The van der Waals surface area contributed by atoms with Crippen molar-refractivity contribution in [2.45, 2.75) is 88.3 Å². The molecule has 152 valence electrons. The number of alkyl halides is 1. The number of ether oxygens (including phenoxy) is 1. The molecular weight excluding hydrogens is 380 g/mol. The summed E-state index contributed by atoms with van der Waals surface area (Å²) in [7, 11) is -1.38. The maximum absolute atomic E-state index is 13.3.